The van der Waals surface area contributed by atoms with Crippen molar-refractivity contribution in [2.75, 3.05) is 0 Å². The van der Waals surface area contributed by atoms with Gasteiger partial charge in [-0.25, -0.2) is 4.99 Å². The van der Waals surface area contributed by atoms with Crippen molar-refractivity contribution in [1.29, 1.82) is 0 Å². The molecule has 64 valence electrons. The van der Waals surface area contributed by atoms with Crippen LogP contribution in [-0.4, -0.2) is 6.21 Å². The second-order valence-electron chi connectivity index (χ2n) is 3.71. The van der Waals surface area contributed by atoms with E-state index in [1.54, 1.807) is 5.57 Å². The maximum atomic E-state index is 3.32. The number of benzene rings is 1. The zero-order valence-electron chi connectivity index (χ0n) is 7.51. The van der Waals surface area contributed by atoms with Crippen LogP contribution in [0, 0.1) is 0 Å². The molecule has 0 saturated heterocycles. The number of hydrogen-bond donors (Lipinski definition) is 1. The topological polar surface area (TPSA) is 14.0 Å². The highest BCUT2D eigenvalue weighted by atomic mass is 14.8. The Bertz CT molecular complexity index is 407. The van der Waals surface area contributed by atoms with Crippen molar-refractivity contribution in [1.82, 2.24) is 0 Å². The molecule has 1 nitrogen and oxygen atoms in total. The zero-order valence-corrected chi connectivity index (χ0v) is 7.51. The molecule has 1 fully saturated rings. The van der Waals surface area contributed by atoms with Crippen LogP contribution in [0.4, 0.5) is 5.69 Å². The summed E-state index contributed by atoms with van der Waals surface area (Å²) in [7, 11) is 0. The lowest BCUT2D eigenvalue weighted by Gasteiger charge is -2.17. The standard InChI is InChI=1S/C12H11N/c1-2-7-12-10(6-1)11(8-13-12)9-4-3-5-9/h1-2,6-8H,3-5H2/p+1. The molecule has 0 aromatic heterocycles. The molecule has 0 amide bonds. The third-order valence-electron chi connectivity index (χ3n) is 2.93. The van der Waals surface area contributed by atoms with Crippen molar-refractivity contribution in [3.63, 3.8) is 0 Å². The molecule has 0 atom stereocenters. The summed E-state index contributed by atoms with van der Waals surface area (Å²) in [5.41, 5.74) is 5.72. The Hall–Kier alpha value is -1.37. The quantitative estimate of drug-likeness (QED) is 0.605. The van der Waals surface area contributed by atoms with Crippen LogP contribution in [0.1, 0.15) is 24.8 Å². The molecule has 1 aromatic carbocycles. The summed E-state index contributed by atoms with van der Waals surface area (Å²) < 4.78 is 0. The van der Waals surface area contributed by atoms with Crippen LogP contribution in [-0.2, 0) is 0 Å². The fourth-order valence-electron chi connectivity index (χ4n) is 1.99. The highest BCUT2D eigenvalue weighted by molar-refractivity contribution is 6.12. The molecule has 3 rings (SSSR count). The molecule has 0 radical (unpaired) electrons. The summed E-state index contributed by atoms with van der Waals surface area (Å²) in [6.45, 7) is 0. The molecule has 1 aliphatic heterocycles. The van der Waals surface area contributed by atoms with Gasteiger partial charge in [-0.15, -0.1) is 0 Å². The van der Waals surface area contributed by atoms with E-state index in [1.165, 1.54) is 36.1 Å². The van der Waals surface area contributed by atoms with Crippen LogP contribution in [0.3, 0.4) is 0 Å². The second-order valence-corrected chi connectivity index (χ2v) is 3.71. The van der Waals surface area contributed by atoms with E-state index in [2.05, 4.69) is 35.5 Å². The van der Waals surface area contributed by atoms with Gasteiger partial charge in [0.05, 0.1) is 11.1 Å². The van der Waals surface area contributed by atoms with Crippen LogP contribution < -0.4 is 4.99 Å². The summed E-state index contributed by atoms with van der Waals surface area (Å²) in [5, 5.41) is 0. The number of nitrogens with one attached hydrogen (secondary N) is 1. The first-order chi connectivity index (χ1) is 6.45. The van der Waals surface area contributed by atoms with Gasteiger partial charge < -0.3 is 0 Å². The van der Waals surface area contributed by atoms with Gasteiger partial charge >= 0.3 is 0 Å². The predicted octanol–water partition coefficient (Wildman–Crippen LogP) is 1.42. The lowest BCUT2D eigenvalue weighted by atomic mass is 9.86. The lowest BCUT2D eigenvalue weighted by Crippen LogP contribution is -2.58. The van der Waals surface area contributed by atoms with Crippen molar-refractivity contribution < 1.29 is 4.99 Å². The largest absolute Gasteiger partial charge is 0.211 e. The molecule has 1 aliphatic carbocycles. The predicted molar refractivity (Wildman–Crippen MR) is 53.9 cm³/mol. The minimum Gasteiger partial charge on any atom is -0.210 e. The SMILES string of the molecule is C1=[NH+]c2ccccc2C1=C1CCC1. The molecule has 0 spiro atoms. The number of para-hydroxylation sites is 1. The second kappa shape index (κ2) is 2.56. The third-order valence-corrected chi connectivity index (χ3v) is 2.93. The Morgan fingerprint density at radius 2 is 1.92 bits per heavy atom. The molecule has 1 N–H and O–H groups in total. The molecule has 0 bridgehead atoms. The smallest absolute Gasteiger partial charge is 0.210 e. The van der Waals surface area contributed by atoms with Crippen LogP contribution in [0.5, 0.6) is 0 Å². The highest BCUT2D eigenvalue weighted by Crippen LogP contribution is 2.34. The minimum atomic E-state index is 1.26. The Morgan fingerprint density at radius 1 is 1.08 bits per heavy atom. The van der Waals surface area contributed by atoms with E-state index >= 15 is 0 Å². The van der Waals surface area contributed by atoms with Crippen molar-refractivity contribution >= 4 is 17.5 Å². The molecule has 1 heterocycles. The first kappa shape index (κ1) is 7.07. The molecule has 1 saturated carbocycles. The van der Waals surface area contributed by atoms with E-state index in [0.29, 0.717) is 0 Å². The number of hydrogen-bond acceptors (Lipinski definition) is 0. The fraction of sp³-hybridized carbons (Fsp3) is 0.250. The molecular formula is C12H12N+. The number of fused-ring (bicyclic) bond motifs is 1. The van der Waals surface area contributed by atoms with E-state index < -0.39 is 0 Å². The van der Waals surface area contributed by atoms with Gasteiger partial charge in [0, 0.05) is 6.07 Å². The van der Waals surface area contributed by atoms with Crippen LogP contribution in [0.2, 0.25) is 0 Å². The van der Waals surface area contributed by atoms with Gasteiger partial charge in [0.25, 0.3) is 0 Å². The molecule has 1 heteroatoms. The summed E-state index contributed by atoms with van der Waals surface area (Å²) in [4.78, 5) is 3.32. The van der Waals surface area contributed by atoms with Gasteiger partial charge in [0.1, 0.15) is 0 Å². The van der Waals surface area contributed by atoms with Gasteiger partial charge in [-0.05, 0) is 25.3 Å². The molecular weight excluding hydrogens is 158 g/mol. The van der Waals surface area contributed by atoms with Crippen molar-refractivity contribution in [3.8, 4) is 0 Å². The van der Waals surface area contributed by atoms with Crippen LogP contribution >= 0.6 is 0 Å². The zero-order chi connectivity index (χ0) is 8.67. The number of allylic oxidation sites excluding steroid dienone is 2. The Labute approximate surface area is 77.8 Å². The van der Waals surface area contributed by atoms with Gasteiger partial charge in [-0.1, -0.05) is 17.7 Å². The highest BCUT2D eigenvalue weighted by Gasteiger charge is 2.23. The Morgan fingerprint density at radius 3 is 2.69 bits per heavy atom. The molecule has 0 unspecified atom stereocenters. The van der Waals surface area contributed by atoms with E-state index in [9.17, 15) is 0 Å². The van der Waals surface area contributed by atoms with E-state index in [1.807, 2.05) is 0 Å². The maximum Gasteiger partial charge on any atom is 0.211 e. The molecule has 2 aliphatic rings. The summed E-state index contributed by atoms with van der Waals surface area (Å²) in [5.74, 6) is 0. The van der Waals surface area contributed by atoms with E-state index in [4.69, 9.17) is 0 Å². The Kier molecular flexibility index (Phi) is 1.39. The fourth-order valence-corrected chi connectivity index (χ4v) is 1.99. The molecule has 13 heavy (non-hydrogen) atoms. The van der Waals surface area contributed by atoms with Gasteiger partial charge in [-0.2, -0.15) is 0 Å². The van der Waals surface area contributed by atoms with Crippen molar-refractivity contribution in [2.45, 2.75) is 19.3 Å². The van der Waals surface area contributed by atoms with Crippen molar-refractivity contribution in [2.24, 2.45) is 0 Å². The van der Waals surface area contributed by atoms with Crippen LogP contribution in [0.15, 0.2) is 29.8 Å². The average Bonchev–Trinajstić information content (AvgIpc) is 2.47. The van der Waals surface area contributed by atoms with Gasteiger partial charge in [-0.3, -0.25) is 0 Å². The average molecular weight is 170 g/mol. The summed E-state index contributed by atoms with van der Waals surface area (Å²) in [6, 6.07) is 8.53. The lowest BCUT2D eigenvalue weighted by molar-refractivity contribution is -0.342. The maximum absolute atomic E-state index is 3.32. The van der Waals surface area contributed by atoms with E-state index in [-0.39, 0.29) is 0 Å². The monoisotopic (exact) mass is 170 g/mol. The normalized spacial score (nSPS) is 18.8. The van der Waals surface area contributed by atoms with Crippen LogP contribution in [0.25, 0.3) is 5.57 Å². The number of rotatable bonds is 0. The van der Waals surface area contributed by atoms with E-state index in [0.717, 1.165) is 0 Å². The summed E-state index contributed by atoms with van der Waals surface area (Å²) in [6.07, 6.45) is 6.11. The third kappa shape index (κ3) is 0.966. The van der Waals surface area contributed by atoms with Gasteiger partial charge in [0.15, 0.2) is 6.21 Å². The molecule has 1 aromatic rings. The van der Waals surface area contributed by atoms with Gasteiger partial charge in [0.2, 0.25) is 5.69 Å². The Balaban J connectivity index is 2.17. The van der Waals surface area contributed by atoms with Crippen molar-refractivity contribution in [3.05, 3.63) is 35.4 Å². The first-order valence-corrected chi connectivity index (χ1v) is 4.86. The minimum absolute atomic E-state index is 1.26. The first-order valence-electron chi connectivity index (χ1n) is 4.86. The summed E-state index contributed by atoms with van der Waals surface area (Å²) >= 11 is 0.